The Balaban J connectivity index is 3.00. The zero-order valence-corrected chi connectivity index (χ0v) is 8.06. The molecule has 0 amide bonds. The Morgan fingerprint density at radius 2 is 2.00 bits per heavy atom. The maximum absolute atomic E-state index is 11.0. The molecule has 0 atom stereocenters. The molecule has 0 aliphatic rings. The van der Waals surface area contributed by atoms with Crippen molar-refractivity contribution in [3.8, 4) is 0 Å². The first kappa shape index (κ1) is 9.04. The van der Waals surface area contributed by atoms with Gasteiger partial charge >= 0.3 is 0 Å². The quantitative estimate of drug-likeness (QED) is 0.637. The number of hydrogen-bond donors (Lipinski definition) is 1. The number of carbonyl (C=O) groups excluding carboxylic acids is 1. The average Bonchev–Trinajstić information content (AvgIpc) is 2.30. The molecule has 0 bridgehead atoms. The minimum Gasteiger partial charge on any atom is -0.359 e. The summed E-state index contributed by atoms with van der Waals surface area (Å²) < 4.78 is 0. The molecular weight excluding hydrogens is 150 g/mol. The summed E-state index contributed by atoms with van der Waals surface area (Å²) in [6.07, 6.45) is 1.90. The second-order valence-corrected chi connectivity index (χ2v) is 4.11. The van der Waals surface area contributed by atoms with Crippen molar-refractivity contribution >= 4 is 5.78 Å². The van der Waals surface area contributed by atoms with Gasteiger partial charge in [-0.1, -0.05) is 20.8 Å². The third kappa shape index (κ3) is 1.76. The maximum Gasteiger partial charge on any atom is 0.175 e. The Bertz CT molecular complexity index is 291. The van der Waals surface area contributed by atoms with E-state index >= 15 is 0 Å². The van der Waals surface area contributed by atoms with E-state index in [2.05, 4.69) is 25.8 Å². The summed E-state index contributed by atoms with van der Waals surface area (Å²) in [5.41, 5.74) is 1.98. The number of hydrogen-bond acceptors (Lipinski definition) is 1. The van der Waals surface area contributed by atoms with E-state index in [4.69, 9.17) is 0 Å². The normalized spacial score (nSPS) is 11.7. The smallest absolute Gasteiger partial charge is 0.175 e. The molecule has 1 rings (SSSR count). The molecule has 12 heavy (non-hydrogen) atoms. The molecule has 1 heterocycles. The molecular formula is C10H15NO. The largest absolute Gasteiger partial charge is 0.359 e. The number of H-pyrrole nitrogens is 1. The van der Waals surface area contributed by atoms with E-state index in [1.807, 2.05) is 12.3 Å². The first-order valence-corrected chi connectivity index (χ1v) is 4.11. The van der Waals surface area contributed by atoms with Crippen molar-refractivity contribution in [3.63, 3.8) is 0 Å². The van der Waals surface area contributed by atoms with Crippen LogP contribution in [-0.4, -0.2) is 10.8 Å². The molecule has 0 aliphatic carbocycles. The van der Waals surface area contributed by atoms with Gasteiger partial charge in [-0.3, -0.25) is 4.79 Å². The summed E-state index contributed by atoms with van der Waals surface area (Å²) in [4.78, 5) is 13.9. The lowest BCUT2D eigenvalue weighted by molar-refractivity contribution is 0.101. The van der Waals surface area contributed by atoms with Gasteiger partial charge in [0.15, 0.2) is 5.78 Å². The highest BCUT2D eigenvalue weighted by Gasteiger charge is 2.15. The molecule has 0 spiro atoms. The molecule has 0 saturated carbocycles. The highest BCUT2D eigenvalue weighted by Crippen LogP contribution is 2.22. The van der Waals surface area contributed by atoms with Gasteiger partial charge in [0.25, 0.3) is 0 Å². The van der Waals surface area contributed by atoms with Crippen molar-refractivity contribution in [2.75, 3.05) is 0 Å². The fourth-order valence-electron chi connectivity index (χ4n) is 1.03. The molecule has 1 aromatic rings. The van der Waals surface area contributed by atoms with Crippen LogP contribution in [0.5, 0.6) is 0 Å². The van der Waals surface area contributed by atoms with Crippen LogP contribution in [0.2, 0.25) is 0 Å². The molecule has 2 heteroatoms. The Labute approximate surface area is 73.0 Å². The lowest BCUT2D eigenvalue weighted by Crippen LogP contribution is -2.09. The van der Waals surface area contributed by atoms with Crippen molar-refractivity contribution < 1.29 is 4.79 Å². The van der Waals surface area contributed by atoms with E-state index in [0.29, 0.717) is 5.69 Å². The van der Waals surface area contributed by atoms with Gasteiger partial charge in [0.05, 0.1) is 5.69 Å². The first-order valence-electron chi connectivity index (χ1n) is 4.11. The molecule has 1 N–H and O–H groups in total. The Kier molecular flexibility index (Phi) is 2.09. The van der Waals surface area contributed by atoms with E-state index < -0.39 is 0 Å². The molecule has 0 aliphatic heterocycles. The molecule has 0 radical (unpaired) electrons. The van der Waals surface area contributed by atoms with Crippen LogP contribution in [0.25, 0.3) is 0 Å². The number of Topliss-reactive ketones (excluding diaryl/α,β-unsaturated/α-hetero) is 1. The summed E-state index contributed by atoms with van der Waals surface area (Å²) in [6.45, 7) is 7.94. The standard InChI is InChI=1S/C10H15NO/c1-7(12)9-5-8(6-11-9)10(2,3)4/h5-6,11H,1-4H3. The molecule has 1 aromatic heterocycles. The fraction of sp³-hybridized carbons (Fsp3) is 0.500. The third-order valence-electron chi connectivity index (χ3n) is 1.93. The van der Waals surface area contributed by atoms with Gasteiger partial charge in [-0.2, -0.15) is 0 Å². The average molecular weight is 165 g/mol. The Morgan fingerprint density at radius 1 is 1.42 bits per heavy atom. The molecule has 0 saturated heterocycles. The van der Waals surface area contributed by atoms with Crippen LogP contribution in [-0.2, 0) is 5.41 Å². The number of rotatable bonds is 1. The molecule has 2 nitrogen and oxygen atoms in total. The van der Waals surface area contributed by atoms with Crippen LogP contribution in [0.4, 0.5) is 0 Å². The van der Waals surface area contributed by atoms with Crippen LogP contribution in [0.3, 0.4) is 0 Å². The van der Waals surface area contributed by atoms with Gasteiger partial charge in [0.2, 0.25) is 0 Å². The monoisotopic (exact) mass is 165 g/mol. The molecule has 0 unspecified atom stereocenters. The maximum atomic E-state index is 11.0. The highest BCUT2D eigenvalue weighted by atomic mass is 16.1. The summed E-state index contributed by atoms with van der Waals surface area (Å²) in [5, 5.41) is 0. The van der Waals surface area contributed by atoms with E-state index in [1.54, 1.807) is 6.92 Å². The summed E-state index contributed by atoms with van der Waals surface area (Å²) in [7, 11) is 0. The summed E-state index contributed by atoms with van der Waals surface area (Å²) >= 11 is 0. The van der Waals surface area contributed by atoms with Crippen LogP contribution >= 0.6 is 0 Å². The van der Waals surface area contributed by atoms with E-state index in [1.165, 1.54) is 5.56 Å². The van der Waals surface area contributed by atoms with Crippen molar-refractivity contribution in [1.29, 1.82) is 0 Å². The van der Waals surface area contributed by atoms with E-state index in [9.17, 15) is 4.79 Å². The van der Waals surface area contributed by atoms with Gasteiger partial charge in [-0.25, -0.2) is 0 Å². The van der Waals surface area contributed by atoms with E-state index in [-0.39, 0.29) is 11.2 Å². The second kappa shape index (κ2) is 2.77. The van der Waals surface area contributed by atoms with Gasteiger partial charge in [-0.05, 0) is 17.0 Å². The van der Waals surface area contributed by atoms with Crippen molar-refractivity contribution in [2.45, 2.75) is 33.1 Å². The van der Waals surface area contributed by atoms with Crippen LogP contribution in [0, 0.1) is 0 Å². The topological polar surface area (TPSA) is 32.9 Å². The number of nitrogens with one attached hydrogen (secondary N) is 1. The Hall–Kier alpha value is -1.05. The summed E-state index contributed by atoms with van der Waals surface area (Å²) in [6, 6.07) is 1.92. The van der Waals surface area contributed by atoms with Crippen LogP contribution in [0.1, 0.15) is 43.7 Å². The SMILES string of the molecule is CC(=O)c1cc(C(C)(C)C)c[nH]1. The zero-order valence-electron chi connectivity index (χ0n) is 8.06. The van der Waals surface area contributed by atoms with Gasteiger partial charge in [-0.15, -0.1) is 0 Å². The zero-order chi connectivity index (χ0) is 9.35. The fourth-order valence-corrected chi connectivity index (χ4v) is 1.03. The minimum absolute atomic E-state index is 0.0884. The first-order chi connectivity index (χ1) is 5.41. The van der Waals surface area contributed by atoms with Crippen molar-refractivity contribution in [2.24, 2.45) is 0 Å². The number of carbonyl (C=O) groups is 1. The molecule has 66 valence electrons. The van der Waals surface area contributed by atoms with Crippen LogP contribution < -0.4 is 0 Å². The Morgan fingerprint density at radius 3 is 2.25 bits per heavy atom. The lowest BCUT2D eigenvalue weighted by Gasteiger charge is -2.15. The van der Waals surface area contributed by atoms with Crippen molar-refractivity contribution in [3.05, 3.63) is 23.5 Å². The molecule has 0 fully saturated rings. The summed E-state index contributed by atoms with van der Waals surface area (Å²) in [5.74, 6) is 0.0884. The second-order valence-electron chi connectivity index (χ2n) is 4.11. The number of aromatic amines is 1. The number of ketones is 1. The lowest BCUT2D eigenvalue weighted by atomic mass is 9.89. The van der Waals surface area contributed by atoms with Crippen molar-refractivity contribution in [1.82, 2.24) is 4.98 Å². The van der Waals surface area contributed by atoms with Crippen LogP contribution in [0.15, 0.2) is 12.3 Å². The van der Waals surface area contributed by atoms with Gasteiger partial charge < -0.3 is 4.98 Å². The number of aromatic nitrogens is 1. The molecule has 0 aromatic carbocycles. The van der Waals surface area contributed by atoms with Gasteiger partial charge in [0.1, 0.15) is 0 Å². The predicted molar refractivity (Wildman–Crippen MR) is 49.5 cm³/mol. The van der Waals surface area contributed by atoms with E-state index in [0.717, 1.165) is 0 Å². The highest BCUT2D eigenvalue weighted by molar-refractivity contribution is 5.92. The predicted octanol–water partition coefficient (Wildman–Crippen LogP) is 2.51. The van der Waals surface area contributed by atoms with Gasteiger partial charge in [0, 0.05) is 13.1 Å². The third-order valence-corrected chi connectivity index (χ3v) is 1.93. The minimum atomic E-state index is 0.0884.